The molecule has 104 valence electrons. The molecule has 0 bridgehead atoms. The van der Waals surface area contributed by atoms with Gasteiger partial charge in [-0.25, -0.2) is 4.98 Å². The molecule has 20 heavy (non-hydrogen) atoms. The van der Waals surface area contributed by atoms with Crippen molar-refractivity contribution in [2.75, 3.05) is 5.43 Å². The van der Waals surface area contributed by atoms with E-state index in [9.17, 15) is 0 Å². The fourth-order valence-electron chi connectivity index (χ4n) is 1.28. The zero-order valence-electron chi connectivity index (χ0n) is 9.67. The average molecular weight is 369 g/mol. The molecule has 0 unspecified atom stereocenters. The Morgan fingerprint density at radius 2 is 1.65 bits per heavy atom. The molecule has 1 aromatic carbocycles. The lowest BCUT2D eigenvalue weighted by Crippen LogP contribution is -1.95. The van der Waals surface area contributed by atoms with Gasteiger partial charge >= 0.3 is 0 Å². The van der Waals surface area contributed by atoms with Gasteiger partial charge < -0.3 is 0 Å². The normalized spacial score (nSPS) is 11.1. The predicted molar refractivity (Wildman–Crippen MR) is 86.9 cm³/mol. The molecule has 0 aliphatic rings. The van der Waals surface area contributed by atoms with Crippen LogP contribution in [0, 0.1) is 0 Å². The Morgan fingerprint density at radius 3 is 2.35 bits per heavy atom. The molecule has 0 atom stereocenters. The van der Waals surface area contributed by atoms with E-state index >= 15 is 0 Å². The van der Waals surface area contributed by atoms with Crippen LogP contribution in [-0.2, 0) is 0 Å². The van der Waals surface area contributed by atoms with Crippen molar-refractivity contribution in [1.82, 2.24) is 4.98 Å². The molecule has 0 amide bonds. The zero-order chi connectivity index (χ0) is 14.7. The van der Waals surface area contributed by atoms with E-state index in [0.717, 1.165) is 5.56 Å². The quantitative estimate of drug-likeness (QED) is 0.422. The van der Waals surface area contributed by atoms with Crippen molar-refractivity contribution in [1.29, 1.82) is 0 Å². The molecule has 2 rings (SSSR count). The second-order valence-corrected chi connectivity index (χ2v) is 5.62. The first kappa shape index (κ1) is 15.7. The SMILES string of the molecule is Clc1ccc(C=NNc2nc(Cl)c(Cl)cc2Cl)cc1Cl. The van der Waals surface area contributed by atoms with E-state index < -0.39 is 0 Å². The number of halogens is 5. The molecule has 8 heteroatoms. The minimum atomic E-state index is 0.142. The number of hydrogen-bond donors (Lipinski definition) is 1. The van der Waals surface area contributed by atoms with E-state index in [2.05, 4.69) is 15.5 Å². The molecule has 3 nitrogen and oxygen atoms in total. The average Bonchev–Trinajstić information content (AvgIpc) is 2.39. The zero-order valence-corrected chi connectivity index (χ0v) is 13.5. The highest BCUT2D eigenvalue weighted by molar-refractivity contribution is 6.43. The highest BCUT2D eigenvalue weighted by atomic mass is 35.5. The van der Waals surface area contributed by atoms with E-state index in [0.29, 0.717) is 20.9 Å². The molecular formula is C12H6Cl5N3. The first-order valence-corrected chi connectivity index (χ1v) is 7.12. The Kier molecular flexibility index (Phi) is 5.35. The van der Waals surface area contributed by atoms with Crippen molar-refractivity contribution in [2.24, 2.45) is 5.10 Å². The van der Waals surface area contributed by atoms with E-state index in [1.165, 1.54) is 6.07 Å². The first-order valence-electron chi connectivity index (χ1n) is 5.23. The van der Waals surface area contributed by atoms with E-state index in [1.54, 1.807) is 24.4 Å². The Bertz CT molecular complexity index is 672. The van der Waals surface area contributed by atoms with Crippen molar-refractivity contribution in [3.8, 4) is 0 Å². The Hall–Kier alpha value is -0.710. The fraction of sp³-hybridized carbons (Fsp3) is 0. The Balaban J connectivity index is 2.13. The predicted octanol–water partition coefficient (Wildman–Crippen LogP) is 5.79. The number of pyridine rings is 1. The van der Waals surface area contributed by atoms with Crippen LogP contribution < -0.4 is 5.43 Å². The largest absolute Gasteiger partial charge is 0.260 e. The summed E-state index contributed by atoms with van der Waals surface area (Å²) in [5, 5.41) is 5.64. The van der Waals surface area contributed by atoms with Crippen LogP contribution in [0.3, 0.4) is 0 Å². The fourth-order valence-corrected chi connectivity index (χ4v) is 2.13. The lowest BCUT2D eigenvalue weighted by Gasteiger charge is -2.04. The van der Waals surface area contributed by atoms with Crippen LogP contribution in [0.5, 0.6) is 0 Å². The second kappa shape index (κ2) is 6.83. The molecule has 0 spiro atoms. The van der Waals surface area contributed by atoms with E-state index in [-0.39, 0.29) is 10.2 Å². The molecule has 2 aromatic rings. The van der Waals surface area contributed by atoms with Crippen LogP contribution in [0.1, 0.15) is 5.56 Å². The molecule has 0 aliphatic heterocycles. The molecular weight excluding hydrogens is 363 g/mol. The summed E-state index contributed by atoms with van der Waals surface area (Å²) in [6.07, 6.45) is 1.54. The maximum atomic E-state index is 5.95. The lowest BCUT2D eigenvalue weighted by molar-refractivity contribution is 1.23. The van der Waals surface area contributed by atoms with Crippen molar-refractivity contribution in [3.05, 3.63) is 55.1 Å². The number of anilines is 1. The highest BCUT2D eigenvalue weighted by Crippen LogP contribution is 2.28. The van der Waals surface area contributed by atoms with Gasteiger partial charge in [0.1, 0.15) is 5.15 Å². The van der Waals surface area contributed by atoms with Gasteiger partial charge in [-0.2, -0.15) is 5.10 Å². The Labute approximate surface area is 140 Å². The number of rotatable bonds is 3. The standard InChI is InChI=1S/C12H6Cl5N3/c13-7-2-1-6(3-8(7)14)5-18-20-12-10(16)4-9(15)11(17)19-12/h1-5H,(H,19,20). The van der Waals surface area contributed by atoms with Gasteiger partial charge in [0.15, 0.2) is 5.82 Å². The molecule has 0 saturated carbocycles. The third kappa shape index (κ3) is 3.90. The second-order valence-electron chi connectivity index (χ2n) is 3.63. The van der Waals surface area contributed by atoms with E-state index in [4.69, 9.17) is 58.0 Å². The molecule has 1 N–H and O–H groups in total. The summed E-state index contributed by atoms with van der Waals surface area (Å²) in [5.74, 6) is 0.303. The third-order valence-corrected chi connectivity index (χ3v) is 3.91. The summed E-state index contributed by atoms with van der Waals surface area (Å²) < 4.78 is 0. The first-order chi connectivity index (χ1) is 9.47. The molecule has 0 aliphatic carbocycles. The minimum Gasteiger partial charge on any atom is -0.260 e. The topological polar surface area (TPSA) is 37.3 Å². The van der Waals surface area contributed by atoms with Crippen LogP contribution in [-0.4, -0.2) is 11.2 Å². The van der Waals surface area contributed by atoms with Gasteiger partial charge in [-0.3, -0.25) is 5.43 Å². The van der Waals surface area contributed by atoms with Crippen molar-refractivity contribution < 1.29 is 0 Å². The van der Waals surface area contributed by atoms with Gasteiger partial charge in [0.05, 0.1) is 26.3 Å². The minimum absolute atomic E-state index is 0.142. The Morgan fingerprint density at radius 1 is 0.900 bits per heavy atom. The maximum absolute atomic E-state index is 5.95. The third-order valence-electron chi connectivity index (χ3n) is 2.21. The molecule has 1 aromatic heterocycles. The van der Waals surface area contributed by atoms with Gasteiger partial charge in [-0.15, -0.1) is 0 Å². The molecule has 1 heterocycles. The summed E-state index contributed by atoms with van der Waals surface area (Å²) in [4.78, 5) is 3.96. The van der Waals surface area contributed by atoms with Gasteiger partial charge in [-0.1, -0.05) is 64.1 Å². The summed E-state index contributed by atoms with van der Waals surface area (Å²) in [7, 11) is 0. The maximum Gasteiger partial charge on any atom is 0.166 e. The highest BCUT2D eigenvalue weighted by Gasteiger charge is 2.06. The van der Waals surface area contributed by atoms with Crippen molar-refractivity contribution >= 4 is 70.0 Å². The van der Waals surface area contributed by atoms with Crippen molar-refractivity contribution in [3.63, 3.8) is 0 Å². The monoisotopic (exact) mass is 367 g/mol. The number of benzene rings is 1. The van der Waals surface area contributed by atoms with Crippen LogP contribution in [0.4, 0.5) is 5.82 Å². The van der Waals surface area contributed by atoms with E-state index in [1.807, 2.05) is 0 Å². The summed E-state index contributed by atoms with van der Waals surface area (Å²) in [6.45, 7) is 0. The molecule has 0 fully saturated rings. The smallest absolute Gasteiger partial charge is 0.166 e. The molecule has 0 saturated heterocycles. The van der Waals surface area contributed by atoms with Gasteiger partial charge in [-0.05, 0) is 23.8 Å². The number of hydrazone groups is 1. The molecule has 0 radical (unpaired) electrons. The lowest BCUT2D eigenvalue weighted by atomic mass is 10.2. The number of hydrogen-bond acceptors (Lipinski definition) is 3. The number of nitrogens with one attached hydrogen (secondary N) is 1. The van der Waals surface area contributed by atoms with Crippen LogP contribution in [0.2, 0.25) is 25.2 Å². The van der Waals surface area contributed by atoms with Crippen LogP contribution in [0.15, 0.2) is 29.4 Å². The summed E-state index contributed by atoms with van der Waals surface area (Å²) in [5.41, 5.74) is 3.44. The van der Waals surface area contributed by atoms with Crippen LogP contribution >= 0.6 is 58.0 Å². The van der Waals surface area contributed by atoms with Gasteiger partial charge in [0.2, 0.25) is 0 Å². The summed E-state index contributed by atoms with van der Waals surface area (Å²) >= 11 is 29.2. The number of aromatic nitrogens is 1. The van der Waals surface area contributed by atoms with Gasteiger partial charge in [0.25, 0.3) is 0 Å². The number of nitrogens with zero attached hydrogens (tertiary/aromatic N) is 2. The van der Waals surface area contributed by atoms with Crippen LogP contribution in [0.25, 0.3) is 0 Å². The summed E-state index contributed by atoms with van der Waals surface area (Å²) in [6, 6.07) is 6.60. The van der Waals surface area contributed by atoms with Gasteiger partial charge in [0, 0.05) is 0 Å². The van der Waals surface area contributed by atoms with Crippen molar-refractivity contribution in [2.45, 2.75) is 0 Å².